The van der Waals surface area contributed by atoms with Crippen molar-refractivity contribution in [3.05, 3.63) is 71.9 Å². The second-order valence-corrected chi connectivity index (χ2v) is 30.0. The highest BCUT2D eigenvalue weighted by Crippen LogP contribution is 2.39. The Morgan fingerprint density at radius 3 is 1.35 bits per heavy atom. The van der Waals surface area contributed by atoms with Gasteiger partial charge in [0.2, 0.25) is 0 Å². The molecule has 0 aromatic carbocycles. The van der Waals surface area contributed by atoms with Gasteiger partial charge in [-0.05, 0) is 114 Å². The van der Waals surface area contributed by atoms with Gasteiger partial charge in [0.05, 0.1) is 80.4 Å². The van der Waals surface area contributed by atoms with Crippen molar-refractivity contribution in [1.82, 2.24) is 0 Å². The van der Waals surface area contributed by atoms with Crippen LogP contribution in [0.5, 0.6) is 0 Å². The van der Waals surface area contributed by atoms with Gasteiger partial charge in [0.25, 0.3) is 30.4 Å². The zero-order chi connectivity index (χ0) is 66.9. The predicted octanol–water partition coefficient (Wildman–Crippen LogP) is 7.99. The Hall–Kier alpha value is -4.15. The maximum absolute atomic E-state index is 13.0. The molecule has 88 heavy (non-hydrogen) atoms. The number of esters is 4. The average molecular weight is 1310 g/mol. The van der Waals surface area contributed by atoms with Gasteiger partial charge in [0, 0.05) is 37.5 Å². The second-order valence-electron chi connectivity index (χ2n) is 25.2. The van der Waals surface area contributed by atoms with E-state index in [0.29, 0.717) is 18.4 Å². The summed E-state index contributed by atoms with van der Waals surface area (Å²) in [5.74, 6) is -2.89. The summed E-state index contributed by atoms with van der Waals surface area (Å²) < 4.78 is 120. The number of ether oxygens (including phenoxy) is 6. The highest BCUT2D eigenvalue weighted by molar-refractivity contribution is 7.86. The van der Waals surface area contributed by atoms with E-state index < -0.39 is 120 Å². The Bertz CT molecular complexity index is 2840. The third-order valence-electron chi connectivity index (χ3n) is 16.1. The second kappa shape index (κ2) is 34.5. The number of carbonyl (C=O) groups is 4. The number of aliphatic hydroxyl groups excluding tert-OH is 1. The van der Waals surface area contributed by atoms with Gasteiger partial charge >= 0.3 is 23.9 Å². The lowest BCUT2D eigenvalue weighted by Crippen LogP contribution is -2.42. The van der Waals surface area contributed by atoms with Crippen molar-refractivity contribution in [3.8, 4) is 0 Å². The minimum Gasteiger partial charge on any atom is -0.457 e. The summed E-state index contributed by atoms with van der Waals surface area (Å²) >= 11 is 0. The molecule has 0 saturated carbocycles. The van der Waals surface area contributed by atoms with Crippen LogP contribution in [0.15, 0.2) is 71.9 Å². The van der Waals surface area contributed by atoms with Gasteiger partial charge in [-0.1, -0.05) is 104 Å². The number of hydrogen-bond donors (Lipinski definition) is 3. The van der Waals surface area contributed by atoms with Crippen molar-refractivity contribution in [2.24, 2.45) is 35.5 Å². The first-order valence-corrected chi connectivity index (χ1v) is 35.9. The molecule has 4 aliphatic heterocycles. The molecule has 22 nitrogen and oxygen atoms in total. The van der Waals surface area contributed by atoms with Crippen LogP contribution in [0.3, 0.4) is 0 Å². The van der Waals surface area contributed by atoms with Crippen LogP contribution in [0, 0.1) is 35.5 Å². The molecule has 2 fully saturated rings. The van der Waals surface area contributed by atoms with Crippen molar-refractivity contribution < 1.29 is 101 Å². The topological polar surface area (TPSA) is 321 Å². The minimum atomic E-state index is -3.92. The highest BCUT2D eigenvalue weighted by atomic mass is 32.2. The van der Waals surface area contributed by atoms with E-state index in [4.69, 9.17) is 41.0 Å². The van der Waals surface area contributed by atoms with Gasteiger partial charge in [-0.2, -0.15) is 25.3 Å². The molecule has 0 bridgehead atoms. The van der Waals surface area contributed by atoms with E-state index in [1.54, 1.807) is 31.2 Å². The summed E-state index contributed by atoms with van der Waals surface area (Å²) in [7, 11) is -11.0. The molecule has 20 atom stereocenters. The third kappa shape index (κ3) is 28.6. The fraction of sp³-hybridized carbons (Fsp3) is 0.746. The number of rotatable bonds is 24. The highest BCUT2D eigenvalue weighted by Gasteiger charge is 2.48. The fourth-order valence-corrected chi connectivity index (χ4v) is 13.2. The number of cyclic esters (lactones) is 2. The first-order valence-electron chi connectivity index (χ1n) is 30.4. The van der Waals surface area contributed by atoms with Crippen LogP contribution in [-0.4, -0.2) is 168 Å². The molecule has 0 aromatic heterocycles. The summed E-state index contributed by atoms with van der Waals surface area (Å²) in [6.45, 7) is 24.6. The molecule has 20 unspecified atom stereocenters. The summed E-state index contributed by atoms with van der Waals surface area (Å²) in [5, 5.41) is 32.5. The number of hydrogen-bond acceptors (Lipinski definition) is 22. The standard InChI is InChI=1S/C32H52O12S2.C31H50O10S/c1-10-26(44-46(9,38)39)23(5)31-27(41-31)18-20(2)12-11-13-21(3)30-22(4)14-15-28(40-24(6)33)32(7,35)17-16-25(19-29(34)42-30)43-45(8,36)37;1-9-25(41-42(8,36)37)22(5)30-26(39-30)17-19(2)11-10-12-20(3)29-21(4)13-14-27(38-23(6)32)31(7,35)16-15-24(33)18-28(34)40-29/h11-15,20,22-23,25-28,30-31,35H,10,16-19H2,1-9H3;10-14,19,21-22,24-27,29-30,33,35H,9,15-18H2,1-8H3/b12-11+,15-14+,21-13+;11-10+,14-13+,20-12+. The van der Waals surface area contributed by atoms with Crippen LogP contribution in [-0.2, 0) is 90.5 Å². The SMILES string of the molecule is CCC(OS(C)(=O)=O)C(C)C1OC1CC(C)/C=C/C=C(\C)C1OC(=O)CC(O)CCC(C)(O)C(OC(C)=O)/C=C/C1C.CCC(OS(C)(=O)=O)C(C)C1OC1CC(C)/C=C/C=C(\C)C1OC(=O)CC(OS(C)(=O)=O)CCC(C)(O)C(OC(C)=O)/C=C/C1C. The lowest BCUT2D eigenvalue weighted by Gasteiger charge is -2.33. The molecule has 0 amide bonds. The van der Waals surface area contributed by atoms with E-state index in [-0.39, 0.29) is 92.5 Å². The molecule has 0 radical (unpaired) electrons. The fourth-order valence-electron chi connectivity index (χ4n) is 11.0. The average Bonchev–Trinajstić information content (AvgIpc) is 2.91. The molecular weight excluding hydrogens is 1200 g/mol. The molecule has 0 aliphatic carbocycles. The smallest absolute Gasteiger partial charge is 0.309 e. The molecular formula is C63H102O22S3. The van der Waals surface area contributed by atoms with Crippen molar-refractivity contribution in [3.63, 3.8) is 0 Å². The lowest BCUT2D eigenvalue weighted by molar-refractivity contribution is -0.158. The Labute approximate surface area is 524 Å². The minimum absolute atomic E-state index is 0.00931. The molecule has 4 rings (SSSR count). The zero-order valence-corrected chi connectivity index (χ0v) is 57.0. The molecule has 3 N–H and O–H groups in total. The van der Waals surface area contributed by atoms with Gasteiger partial charge in [0.1, 0.15) is 35.6 Å². The van der Waals surface area contributed by atoms with Gasteiger partial charge in [0.15, 0.2) is 0 Å². The van der Waals surface area contributed by atoms with Crippen molar-refractivity contribution in [2.75, 3.05) is 18.8 Å². The van der Waals surface area contributed by atoms with E-state index in [1.807, 2.05) is 98.8 Å². The van der Waals surface area contributed by atoms with E-state index in [9.17, 15) is 59.8 Å². The quantitative estimate of drug-likeness (QED) is 0.0206. The molecule has 504 valence electrons. The number of allylic oxidation sites excluding steroid dienone is 6. The van der Waals surface area contributed by atoms with E-state index >= 15 is 0 Å². The third-order valence-corrected chi connectivity index (χ3v) is 17.9. The van der Waals surface area contributed by atoms with Crippen molar-refractivity contribution in [1.29, 1.82) is 0 Å². The summed E-state index contributed by atoms with van der Waals surface area (Å²) in [6, 6.07) is 0. The first-order chi connectivity index (χ1) is 40.5. The van der Waals surface area contributed by atoms with Gasteiger partial charge in [-0.25, -0.2) is 0 Å². The number of aliphatic hydroxyl groups is 3. The molecule has 4 heterocycles. The maximum Gasteiger partial charge on any atom is 0.309 e. The van der Waals surface area contributed by atoms with Gasteiger partial charge in [-0.15, -0.1) is 0 Å². The lowest BCUT2D eigenvalue weighted by atomic mass is 9.88. The molecule has 0 aromatic rings. The van der Waals surface area contributed by atoms with E-state index in [2.05, 4.69) is 6.92 Å². The van der Waals surface area contributed by atoms with Crippen LogP contribution in [0.2, 0.25) is 0 Å². The number of carbonyl (C=O) groups excluding carboxylic acids is 4. The van der Waals surface area contributed by atoms with Crippen LogP contribution < -0.4 is 0 Å². The summed E-state index contributed by atoms with van der Waals surface area (Å²) in [6.07, 6.45) is 17.0. The molecule has 4 aliphatic rings. The van der Waals surface area contributed by atoms with Crippen LogP contribution in [0.25, 0.3) is 0 Å². The van der Waals surface area contributed by atoms with Crippen LogP contribution in [0.1, 0.15) is 161 Å². The Kier molecular flexibility index (Phi) is 30.6. The van der Waals surface area contributed by atoms with E-state index in [1.165, 1.54) is 20.8 Å². The monoisotopic (exact) mass is 1310 g/mol. The van der Waals surface area contributed by atoms with Gasteiger partial charge in [-0.3, -0.25) is 31.7 Å². The first kappa shape index (κ1) is 78.1. The predicted molar refractivity (Wildman–Crippen MR) is 331 cm³/mol. The summed E-state index contributed by atoms with van der Waals surface area (Å²) in [5.41, 5.74) is -1.50. The van der Waals surface area contributed by atoms with E-state index in [0.717, 1.165) is 37.2 Å². The molecule has 25 heteroatoms. The summed E-state index contributed by atoms with van der Waals surface area (Å²) in [4.78, 5) is 49.2. The Morgan fingerprint density at radius 2 is 1.00 bits per heavy atom. The molecule has 2 saturated heterocycles. The number of epoxide rings is 2. The Balaban J connectivity index is 0.000000462. The zero-order valence-electron chi connectivity index (χ0n) is 54.6. The van der Waals surface area contributed by atoms with Crippen molar-refractivity contribution >= 4 is 54.2 Å². The van der Waals surface area contributed by atoms with Crippen LogP contribution in [0.4, 0.5) is 0 Å². The van der Waals surface area contributed by atoms with Gasteiger partial charge < -0.3 is 43.7 Å². The Morgan fingerprint density at radius 1 is 0.625 bits per heavy atom. The molecule has 0 spiro atoms. The maximum atomic E-state index is 13.0. The van der Waals surface area contributed by atoms with Crippen LogP contribution >= 0.6 is 0 Å². The normalized spacial score (nSPS) is 33.6. The van der Waals surface area contributed by atoms with Crippen molar-refractivity contribution in [2.45, 2.75) is 246 Å². The largest absolute Gasteiger partial charge is 0.457 e.